The number of nitrogens with zero attached hydrogens (tertiary/aromatic N) is 1. The fourth-order valence-corrected chi connectivity index (χ4v) is 5.11. The largest absolute Gasteiger partial charge is 0.478 e. The van der Waals surface area contributed by atoms with Crippen LogP contribution in [0.1, 0.15) is 0 Å². The van der Waals surface area contributed by atoms with E-state index in [2.05, 4.69) is 21.8 Å². The molecule has 55 heavy (non-hydrogen) atoms. The molecule has 23 heteroatoms. The van der Waals surface area contributed by atoms with Gasteiger partial charge in [0.05, 0.1) is 0 Å². The SMILES string of the molecule is CN(C)c1ccccc1.FC1=C(F)C(F)C(Oc2c(F)c(F)c(F)c(F)c2F)(B(c2c(F)c(F)c(F)c(F)c2F)c2c(F)c(F)c(F)c(F)c2F)C(F)=C1F. The molecule has 0 N–H and O–H groups in total. The first-order valence-electron chi connectivity index (χ1n) is 14.2. The summed E-state index contributed by atoms with van der Waals surface area (Å²) >= 11 is 0. The summed E-state index contributed by atoms with van der Waals surface area (Å²) in [5.74, 6) is -67.9. The third-order valence-corrected chi connectivity index (χ3v) is 7.74. The molecule has 0 amide bonds. The van der Waals surface area contributed by atoms with Gasteiger partial charge in [0.25, 0.3) is 6.71 Å². The molecule has 294 valence electrons. The number of benzene rings is 4. The van der Waals surface area contributed by atoms with E-state index in [4.69, 9.17) is 0 Å². The number of hydrogen-bond acceptors (Lipinski definition) is 2. The van der Waals surface area contributed by atoms with Crippen molar-refractivity contribution >= 4 is 23.3 Å². The first-order chi connectivity index (χ1) is 25.5. The summed E-state index contributed by atoms with van der Waals surface area (Å²) in [5.41, 5.74) is -11.1. The summed E-state index contributed by atoms with van der Waals surface area (Å²) in [4.78, 5) is 2.08. The first-order valence-corrected chi connectivity index (χ1v) is 14.2. The number of para-hydroxylation sites is 1. The van der Waals surface area contributed by atoms with Crippen molar-refractivity contribution in [3.05, 3.63) is 141 Å². The van der Waals surface area contributed by atoms with Gasteiger partial charge in [0.1, 0.15) is 0 Å². The number of ether oxygens (including phenoxy) is 1. The van der Waals surface area contributed by atoms with Gasteiger partial charge in [-0.2, -0.15) is 8.78 Å². The third-order valence-electron chi connectivity index (χ3n) is 7.74. The summed E-state index contributed by atoms with van der Waals surface area (Å²) in [6, 6.07) is 10.3. The smallest absolute Gasteiger partial charge is 0.289 e. The van der Waals surface area contributed by atoms with Gasteiger partial charge in [-0.05, 0) is 12.1 Å². The fraction of sp³-hybridized carbons (Fsp3) is 0.125. The molecular weight excluding hydrogens is 805 g/mol. The van der Waals surface area contributed by atoms with Gasteiger partial charge >= 0.3 is 0 Å². The maximum atomic E-state index is 15.8. The molecule has 0 bridgehead atoms. The number of alkyl halides is 1. The van der Waals surface area contributed by atoms with E-state index in [1.165, 1.54) is 5.69 Å². The normalized spacial score (nSPS) is 17.0. The van der Waals surface area contributed by atoms with E-state index in [9.17, 15) is 61.5 Å². The summed E-state index contributed by atoms with van der Waals surface area (Å²) < 4.78 is 294. The average molecular weight is 817 g/mol. The van der Waals surface area contributed by atoms with Gasteiger partial charge in [0.2, 0.25) is 29.1 Å². The fourth-order valence-electron chi connectivity index (χ4n) is 5.11. The zero-order valence-electron chi connectivity index (χ0n) is 26.5. The maximum absolute atomic E-state index is 15.8. The van der Waals surface area contributed by atoms with Crippen LogP contribution in [0.25, 0.3) is 0 Å². The third kappa shape index (κ3) is 6.70. The minimum atomic E-state index is -5.78. The minimum absolute atomic E-state index is 1.25. The standard InChI is InChI=1S/C24HBF20O.C8H11N/c26-3-1(4(27)8(31)11(34)7(3)30)25(2-5(28)9(32)12(35)10(33)6(2)29)24(22(44)19(42)16(39)20(43)23(24)45)46-21-17(40)14(37)13(36)15(38)18(21)41;1-9(2)8-6-4-3-5-7-8/h22H;3-7H,1-2H3. The number of hydrogen-bond donors (Lipinski definition) is 0. The van der Waals surface area contributed by atoms with Crippen molar-refractivity contribution in [2.24, 2.45) is 0 Å². The Hall–Kier alpha value is -5.38. The first kappa shape index (κ1) is 42.4. The highest BCUT2D eigenvalue weighted by atomic mass is 19.2. The monoisotopic (exact) mass is 817 g/mol. The Kier molecular flexibility index (Phi) is 11.9. The minimum Gasteiger partial charge on any atom is -0.478 e. The molecule has 0 aliphatic heterocycles. The molecule has 4 aromatic carbocycles. The van der Waals surface area contributed by atoms with E-state index >= 15 is 26.3 Å². The molecule has 1 aliphatic rings. The van der Waals surface area contributed by atoms with Crippen LogP contribution in [0, 0.1) is 87.3 Å². The van der Waals surface area contributed by atoms with Crippen molar-refractivity contribution in [1.29, 1.82) is 0 Å². The lowest BCUT2D eigenvalue weighted by atomic mass is 9.29. The summed E-state index contributed by atoms with van der Waals surface area (Å²) in [7, 11) is 4.07. The second kappa shape index (κ2) is 15.4. The Morgan fingerprint density at radius 2 is 0.800 bits per heavy atom. The molecule has 2 atom stereocenters. The lowest BCUT2D eigenvalue weighted by molar-refractivity contribution is 0.0529. The number of rotatable bonds is 6. The number of anilines is 1. The summed E-state index contributed by atoms with van der Waals surface area (Å²) in [6.45, 7) is -4.88. The molecule has 0 heterocycles. The number of halogens is 20. The van der Waals surface area contributed by atoms with Crippen molar-refractivity contribution in [3.63, 3.8) is 0 Å². The van der Waals surface area contributed by atoms with Gasteiger partial charge in [-0.15, -0.1) is 0 Å². The highest BCUT2D eigenvalue weighted by Gasteiger charge is 2.66. The van der Waals surface area contributed by atoms with E-state index in [0.717, 1.165) is 0 Å². The van der Waals surface area contributed by atoms with Crippen LogP contribution >= 0.6 is 0 Å². The van der Waals surface area contributed by atoms with Crippen LogP contribution in [-0.4, -0.2) is 32.5 Å². The summed E-state index contributed by atoms with van der Waals surface area (Å²) in [6.07, 6.45) is -5.03. The lowest BCUT2D eigenvalue weighted by Gasteiger charge is -2.42. The van der Waals surface area contributed by atoms with Gasteiger partial charge in [-0.3, -0.25) is 0 Å². The van der Waals surface area contributed by atoms with Crippen LogP contribution in [0.5, 0.6) is 5.75 Å². The van der Waals surface area contributed by atoms with E-state index in [-0.39, 0.29) is 0 Å². The van der Waals surface area contributed by atoms with E-state index in [1.54, 1.807) is 0 Å². The second-order valence-corrected chi connectivity index (χ2v) is 11.1. The molecule has 5 rings (SSSR count). The predicted molar refractivity (Wildman–Crippen MR) is 151 cm³/mol. The quantitative estimate of drug-likeness (QED) is 0.0834. The molecule has 2 unspecified atom stereocenters. The second-order valence-electron chi connectivity index (χ2n) is 11.1. The van der Waals surface area contributed by atoms with E-state index < -0.39 is 146 Å². The van der Waals surface area contributed by atoms with Crippen molar-refractivity contribution < 1.29 is 92.5 Å². The maximum Gasteiger partial charge on any atom is 0.289 e. The molecule has 2 nitrogen and oxygen atoms in total. The summed E-state index contributed by atoms with van der Waals surface area (Å²) in [5, 5.41) is 0. The van der Waals surface area contributed by atoms with E-state index in [0.29, 0.717) is 0 Å². The molecule has 0 fully saturated rings. The van der Waals surface area contributed by atoms with Crippen LogP contribution < -0.4 is 20.6 Å². The lowest BCUT2D eigenvalue weighted by Crippen LogP contribution is -2.72. The van der Waals surface area contributed by atoms with Crippen LogP contribution in [0.2, 0.25) is 0 Å². The highest BCUT2D eigenvalue weighted by Crippen LogP contribution is 2.48. The average Bonchev–Trinajstić information content (AvgIpc) is 3.17. The van der Waals surface area contributed by atoms with Crippen molar-refractivity contribution in [3.8, 4) is 5.75 Å². The van der Waals surface area contributed by atoms with E-state index in [1.807, 2.05) is 32.3 Å². The van der Waals surface area contributed by atoms with Crippen molar-refractivity contribution in [1.82, 2.24) is 0 Å². The van der Waals surface area contributed by atoms with Crippen LogP contribution in [0.3, 0.4) is 0 Å². The Balaban J connectivity index is 0.000000654. The van der Waals surface area contributed by atoms with Gasteiger partial charge in [0.15, 0.2) is 98.9 Å². The van der Waals surface area contributed by atoms with Gasteiger partial charge < -0.3 is 9.64 Å². The Morgan fingerprint density at radius 1 is 0.473 bits per heavy atom. The topological polar surface area (TPSA) is 12.5 Å². The molecule has 4 aromatic rings. The molecule has 0 spiro atoms. The molecular formula is C32H12BF20NO. The number of allylic oxidation sites excluding steroid dienone is 2. The van der Waals surface area contributed by atoms with Gasteiger partial charge in [0, 0.05) is 30.7 Å². The van der Waals surface area contributed by atoms with Crippen LogP contribution in [-0.2, 0) is 0 Å². The Morgan fingerprint density at radius 3 is 1.13 bits per heavy atom. The van der Waals surface area contributed by atoms with Crippen LogP contribution in [0.4, 0.5) is 93.5 Å². The van der Waals surface area contributed by atoms with Gasteiger partial charge in [-0.1, -0.05) is 18.2 Å². The molecule has 0 saturated carbocycles. The predicted octanol–water partition coefficient (Wildman–Crippen LogP) is 9.14. The molecule has 0 radical (unpaired) electrons. The zero-order chi connectivity index (χ0) is 41.8. The Labute approximate surface area is 293 Å². The highest BCUT2D eigenvalue weighted by molar-refractivity contribution is 6.88. The van der Waals surface area contributed by atoms with Crippen LogP contribution in [0.15, 0.2) is 53.6 Å². The molecule has 1 aliphatic carbocycles. The molecule has 0 aromatic heterocycles. The Bertz CT molecular complexity index is 2110. The van der Waals surface area contributed by atoms with Crippen molar-refractivity contribution in [2.45, 2.75) is 11.7 Å². The van der Waals surface area contributed by atoms with Crippen molar-refractivity contribution in [2.75, 3.05) is 19.0 Å². The molecule has 0 saturated heterocycles. The van der Waals surface area contributed by atoms with Gasteiger partial charge in [-0.25, -0.2) is 79.0 Å². The zero-order valence-corrected chi connectivity index (χ0v) is 26.5.